The topological polar surface area (TPSA) is 49.0 Å². The highest BCUT2D eigenvalue weighted by Gasteiger charge is 2.45. The second kappa shape index (κ2) is 7.10. The maximum Gasteiger partial charge on any atom is 0.273 e. The van der Waals surface area contributed by atoms with E-state index < -0.39 is 0 Å². The molecule has 0 spiro atoms. The summed E-state index contributed by atoms with van der Waals surface area (Å²) in [4.78, 5) is 15.5. The molecule has 1 amide bonds. The quantitative estimate of drug-likeness (QED) is 0.631. The van der Waals surface area contributed by atoms with Crippen molar-refractivity contribution < 1.29 is 4.79 Å². The van der Waals surface area contributed by atoms with Crippen molar-refractivity contribution in [1.82, 2.24) is 15.1 Å². The monoisotopic (exact) mass is 391 g/mol. The first-order chi connectivity index (χ1) is 13.8. The maximum absolute atomic E-state index is 13.4. The van der Waals surface area contributed by atoms with E-state index in [4.69, 9.17) is 11.6 Å². The molecule has 3 aromatic rings. The normalized spacial score (nSPS) is 19.8. The van der Waals surface area contributed by atoms with Crippen LogP contribution in [0.15, 0.2) is 54.6 Å². The lowest BCUT2D eigenvalue weighted by atomic mass is 9.91. The molecule has 1 unspecified atom stereocenters. The van der Waals surface area contributed by atoms with Gasteiger partial charge in [-0.15, -0.1) is 0 Å². The lowest BCUT2D eigenvalue weighted by Gasteiger charge is -2.36. The number of carbonyl (C=O) groups is 1. The second-order valence-corrected chi connectivity index (χ2v) is 8.06. The number of hydrogen-bond donors (Lipinski definition) is 1. The van der Waals surface area contributed by atoms with E-state index in [1.54, 1.807) is 0 Å². The third-order valence-electron chi connectivity index (χ3n) is 6.02. The van der Waals surface area contributed by atoms with Gasteiger partial charge in [0.25, 0.3) is 5.91 Å². The maximum atomic E-state index is 13.4. The molecule has 1 fully saturated rings. The molecule has 0 radical (unpaired) electrons. The van der Waals surface area contributed by atoms with Crippen LogP contribution in [0.3, 0.4) is 0 Å². The van der Waals surface area contributed by atoms with Crippen molar-refractivity contribution in [3.05, 3.63) is 76.4 Å². The molecule has 1 N–H and O–H groups in total. The molecule has 28 heavy (non-hydrogen) atoms. The Morgan fingerprint density at radius 2 is 1.68 bits per heavy atom. The molecule has 1 atom stereocenters. The Balaban J connectivity index is 1.69. The van der Waals surface area contributed by atoms with Crippen LogP contribution in [-0.2, 0) is 0 Å². The van der Waals surface area contributed by atoms with Crippen molar-refractivity contribution in [3.8, 4) is 11.3 Å². The van der Waals surface area contributed by atoms with Crippen molar-refractivity contribution in [2.75, 3.05) is 0 Å². The standard InChI is InChI=1S/C23H22ClN3O/c24-18-14-8-7-13-17(18)22-19-20(15-9-3-1-4-10-15)25-26-21(19)23(28)27(22)16-11-5-2-6-12-16/h1,3-4,7-10,13-14,16,22H,2,5-6,11-12H2,(H,25,26). The van der Waals surface area contributed by atoms with Crippen LogP contribution >= 0.6 is 11.6 Å². The van der Waals surface area contributed by atoms with E-state index in [1.807, 2.05) is 54.6 Å². The van der Waals surface area contributed by atoms with E-state index in [9.17, 15) is 4.79 Å². The molecule has 2 heterocycles. The highest BCUT2D eigenvalue weighted by atomic mass is 35.5. The second-order valence-electron chi connectivity index (χ2n) is 7.66. The zero-order valence-corrected chi connectivity index (χ0v) is 16.3. The number of fused-ring (bicyclic) bond motifs is 1. The predicted octanol–water partition coefficient (Wildman–Crippen LogP) is 5.61. The first-order valence-corrected chi connectivity index (χ1v) is 10.3. The molecule has 1 aliphatic carbocycles. The molecule has 4 nitrogen and oxygen atoms in total. The Labute approximate surface area is 169 Å². The van der Waals surface area contributed by atoms with Crippen molar-refractivity contribution >= 4 is 17.5 Å². The van der Waals surface area contributed by atoms with Crippen molar-refractivity contribution in [2.45, 2.75) is 44.2 Å². The molecule has 5 heteroatoms. The Kier molecular flexibility index (Phi) is 4.44. The molecule has 5 rings (SSSR count). The number of aromatic nitrogens is 2. The Hall–Kier alpha value is -2.59. The fraction of sp³-hybridized carbons (Fsp3) is 0.304. The molecule has 1 aliphatic heterocycles. The highest BCUT2D eigenvalue weighted by molar-refractivity contribution is 6.31. The summed E-state index contributed by atoms with van der Waals surface area (Å²) in [5.41, 5.74) is 4.38. The van der Waals surface area contributed by atoms with Gasteiger partial charge in [-0.05, 0) is 24.5 Å². The van der Waals surface area contributed by atoms with Crippen molar-refractivity contribution in [3.63, 3.8) is 0 Å². The number of benzene rings is 2. The summed E-state index contributed by atoms with van der Waals surface area (Å²) in [5, 5.41) is 8.26. The molecule has 142 valence electrons. The third kappa shape index (κ3) is 2.75. The highest BCUT2D eigenvalue weighted by Crippen LogP contribution is 2.47. The van der Waals surface area contributed by atoms with Crippen LogP contribution in [0.5, 0.6) is 0 Å². The number of halogens is 1. The zero-order valence-electron chi connectivity index (χ0n) is 15.6. The molecule has 2 aromatic carbocycles. The number of hydrogen-bond acceptors (Lipinski definition) is 2. The summed E-state index contributed by atoms with van der Waals surface area (Å²) in [5.74, 6) is 0.0431. The zero-order chi connectivity index (χ0) is 19.1. The predicted molar refractivity (Wildman–Crippen MR) is 110 cm³/mol. The van der Waals surface area contributed by atoms with Gasteiger partial charge in [0.15, 0.2) is 0 Å². The molecule has 0 saturated heterocycles. The molecular formula is C23H22ClN3O. The third-order valence-corrected chi connectivity index (χ3v) is 6.36. The Morgan fingerprint density at radius 3 is 2.43 bits per heavy atom. The van der Waals surface area contributed by atoms with Crippen LogP contribution in [0.25, 0.3) is 11.3 Å². The van der Waals surface area contributed by atoms with E-state index in [1.165, 1.54) is 19.3 Å². The lowest BCUT2D eigenvalue weighted by Crippen LogP contribution is -2.40. The fourth-order valence-corrected chi connectivity index (χ4v) is 4.96. The first kappa shape index (κ1) is 17.5. The van der Waals surface area contributed by atoms with Gasteiger partial charge >= 0.3 is 0 Å². The SMILES string of the molecule is O=C1c2[nH]nc(-c3ccccc3)c2C(c2ccccc2Cl)N1C1CCCCC1. The Morgan fingerprint density at radius 1 is 0.964 bits per heavy atom. The van der Waals surface area contributed by atoms with Gasteiger partial charge in [0.05, 0.1) is 11.7 Å². The average Bonchev–Trinajstić information content (AvgIpc) is 3.29. The van der Waals surface area contributed by atoms with Gasteiger partial charge in [0.1, 0.15) is 5.69 Å². The van der Waals surface area contributed by atoms with Gasteiger partial charge in [-0.25, -0.2) is 0 Å². The molecule has 1 aromatic heterocycles. The van der Waals surface area contributed by atoms with E-state index in [0.29, 0.717) is 10.7 Å². The van der Waals surface area contributed by atoms with Crippen LogP contribution in [-0.4, -0.2) is 27.0 Å². The average molecular weight is 392 g/mol. The van der Waals surface area contributed by atoms with Crippen molar-refractivity contribution in [1.29, 1.82) is 0 Å². The number of nitrogens with zero attached hydrogens (tertiary/aromatic N) is 2. The molecule has 1 saturated carbocycles. The van der Waals surface area contributed by atoms with E-state index in [2.05, 4.69) is 15.1 Å². The molecule has 2 aliphatic rings. The number of aromatic amines is 1. The number of H-pyrrole nitrogens is 1. The minimum Gasteiger partial charge on any atom is -0.323 e. The van der Waals surface area contributed by atoms with Gasteiger partial charge in [-0.3, -0.25) is 9.89 Å². The molecular weight excluding hydrogens is 370 g/mol. The van der Waals surface area contributed by atoms with Gasteiger partial charge in [0, 0.05) is 22.2 Å². The minimum absolute atomic E-state index is 0.0431. The van der Waals surface area contributed by atoms with Crippen LogP contribution in [0.4, 0.5) is 0 Å². The van der Waals surface area contributed by atoms with Crippen molar-refractivity contribution in [2.24, 2.45) is 0 Å². The van der Waals surface area contributed by atoms with Gasteiger partial charge < -0.3 is 4.90 Å². The first-order valence-electron chi connectivity index (χ1n) is 9.96. The number of carbonyl (C=O) groups excluding carboxylic acids is 1. The summed E-state index contributed by atoms with van der Waals surface area (Å²) in [7, 11) is 0. The minimum atomic E-state index is -0.201. The van der Waals surface area contributed by atoms with Crippen LogP contribution in [0.2, 0.25) is 5.02 Å². The summed E-state index contributed by atoms with van der Waals surface area (Å²) in [6.45, 7) is 0. The number of amides is 1. The van der Waals surface area contributed by atoms with Gasteiger partial charge in [0.2, 0.25) is 0 Å². The van der Waals surface area contributed by atoms with Gasteiger partial charge in [-0.2, -0.15) is 5.10 Å². The summed E-state index contributed by atoms with van der Waals surface area (Å²) < 4.78 is 0. The van der Waals surface area contributed by atoms with E-state index in [-0.39, 0.29) is 18.0 Å². The molecule has 0 bridgehead atoms. The Bertz CT molecular complexity index is 1010. The van der Waals surface area contributed by atoms with Crippen LogP contribution in [0.1, 0.15) is 59.8 Å². The van der Waals surface area contributed by atoms with E-state index >= 15 is 0 Å². The lowest BCUT2D eigenvalue weighted by molar-refractivity contribution is 0.0606. The van der Waals surface area contributed by atoms with Crippen LogP contribution in [0, 0.1) is 0 Å². The van der Waals surface area contributed by atoms with Gasteiger partial charge in [-0.1, -0.05) is 79.4 Å². The number of rotatable bonds is 3. The summed E-state index contributed by atoms with van der Waals surface area (Å²) in [6, 6.07) is 18.0. The number of nitrogens with one attached hydrogen (secondary N) is 1. The fourth-order valence-electron chi connectivity index (χ4n) is 4.72. The van der Waals surface area contributed by atoms with E-state index in [0.717, 1.165) is 35.2 Å². The summed E-state index contributed by atoms with van der Waals surface area (Å²) >= 11 is 6.62. The largest absolute Gasteiger partial charge is 0.323 e. The smallest absolute Gasteiger partial charge is 0.273 e. The van der Waals surface area contributed by atoms with Crippen LogP contribution < -0.4 is 0 Å². The summed E-state index contributed by atoms with van der Waals surface area (Å²) in [6.07, 6.45) is 5.68.